The summed E-state index contributed by atoms with van der Waals surface area (Å²) in [6.45, 7) is 1.42. The quantitative estimate of drug-likeness (QED) is 0.865. The Balaban J connectivity index is 2.15. The molecule has 0 aliphatic carbocycles. The zero-order valence-electron chi connectivity index (χ0n) is 9.33. The number of likely N-dealkylation sites (tertiary alicyclic amines) is 1. The predicted octanol–water partition coefficient (Wildman–Crippen LogP) is 2.67. The number of piperidine rings is 1. The number of benzene rings is 1. The molecule has 1 saturated heterocycles. The molecule has 1 amide bonds. The summed E-state index contributed by atoms with van der Waals surface area (Å²) in [5, 5.41) is 0.608. The van der Waals surface area contributed by atoms with Crippen LogP contribution in [0.4, 0.5) is 0 Å². The van der Waals surface area contributed by atoms with E-state index >= 15 is 0 Å². The van der Waals surface area contributed by atoms with Crippen LogP contribution in [0.3, 0.4) is 0 Å². The number of carbonyl (C=O) groups is 1. The molecule has 3 nitrogen and oxygen atoms in total. The first-order chi connectivity index (χ1) is 8.08. The van der Waals surface area contributed by atoms with Gasteiger partial charge in [0, 0.05) is 29.2 Å². The van der Waals surface area contributed by atoms with Crippen LogP contribution in [-0.2, 0) is 0 Å². The van der Waals surface area contributed by atoms with Gasteiger partial charge in [-0.3, -0.25) is 4.79 Å². The molecule has 5 heteroatoms. The van der Waals surface area contributed by atoms with Crippen LogP contribution in [0, 0.1) is 0 Å². The van der Waals surface area contributed by atoms with E-state index in [4.69, 9.17) is 17.3 Å². The molecule has 0 bridgehead atoms. The Hall–Kier alpha value is -0.580. The highest BCUT2D eigenvalue weighted by atomic mass is 79.9. The first-order valence-electron chi connectivity index (χ1n) is 5.58. The number of amides is 1. The minimum atomic E-state index is 0.0255. The second-order valence-corrected chi connectivity index (χ2v) is 5.54. The zero-order valence-corrected chi connectivity index (χ0v) is 11.7. The normalized spacial score (nSPS) is 20.4. The van der Waals surface area contributed by atoms with Gasteiger partial charge in [0.15, 0.2) is 0 Å². The van der Waals surface area contributed by atoms with E-state index in [1.165, 1.54) is 0 Å². The summed E-state index contributed by atoms with van der Waals surface area (Å²) in [7, 11) is 0. The fourth-order valence-electron chi connectivity index (χ4n) is 2.01. The first-order valence-corrected chi connectivity index (χ1v) is 6.75. The third-order valence-electron chi connectivity index (χ3n) is 2.91. The van der Waals surface area contributed by atoms with Gasteiger partial charge in [0.25, 0.3) is 5.91 Å². The minimum absolute atomic E-state index is 0.0255. The number of hydrogen-bond acceptors (Lipinski definition) is 2. The van der Waals surface area contributed by atoms with Crippen molar-refractivity contribution in [2.75, 3.05) is 13.1 Å². The van der Waals surface area contributed by atoms with Gasteiger partial charge in [0.1, 0.15) is 0 Å². The Morgan fingerprint density at radius 2 is 2.29 bits per heavy atom. The molecule has 2 N–H and O–H groups in total. The maximum atomic E-state index is 12.2. The number of hydrogen-bond donors (Lipinski definition) is 1. The van der Waals surface area contributed by atoms with Gasteiger partial charge in [0.05, 0.1) is 5.02 Å². The van der Waals surface area contributed by atoms with Crippen molar-refractivity contribution in [3.05, 3.63) is 33.3 Å². The average molecular weight is 318 g/mol. The Morgan fingerprint density at radius 1 is 1.53 bits per heavy atom. The number of carbonyl (C=O) groups excluding carboxylic acids is 1. The highest BCUT2D eigenvalue weighted by Gasteiger charge is 2.22. The topological polar surface area (TPSA) is 46.3 Å². The molecule has 1 heterocycles. The van der Waals surface area contributed by atoms with Crippen molar-refractivity contribution in [2.24, 2.45) is 5.73 Å². The zero-order chi connectivity index (χ0) is 12.4. The number of halogens is 2. The van der Waals surface area contributed by atoms with Crippen LogP contribution in [-0.4, -0.2) is 29.9 Å². The van der Waals surface area contributed by atoms with E-state index in [1.54, 1.807) is 18.2 Å². The largest absolute Gasteiger partial charge is 0.337 e. The predicted molar refractivity (Wildman–Crippen MR) is 72.3 cm³/mol. The molecule has 1 aliphatic heterocycles. The second-order valence-electron chi connectivity index (χ2n) is 4.28. The summed E-state index contributed by atoms with van der Waals surface area (Å²) >= 11 is 9.23. The van der Waals surface area contributed by atoms with Crippen molar-refractivity contribution in [2.45, 2.75) is 18.9 Å². The Morgan fingerprint density at radius 3 is 2.94 bits per heavy atom. The standard InChI is InChI=1S/C12H14BrClN2O/c13-10-6-8(3-4-11(10)14)12(17)16-5-1-2-9(15)7-16/h3-4,6,9H,1-2,5,7,15H2. The SMILES string of the molecule is NC1CCCN(C(=O)c2ccc(Cl)c(Br)c2)C1. The number of nitrogens with zero attached hydrogens (tertiary/aromatic N) is 1. The molecule has 17 heavy (non-hydrogen) atoms. The lowest BCUT2D eigenvalue weighted by atomic mass is 10.1. The van der Waals surface area contributed by atoms with E-state index in [-0.39, 0.29) is 11.9 Å². The summed E-state index contributed by atoms with van der Waals surface area (Å²) in [6, 6.07) is 5.33. The molecule has 0 radical (unpaired) electrons. The van der Waals surface area contributed by atoms with Crippen LogP contribution in [0.5, 0.6) is 0 Å². The maximum Gasteiger partial charge on any atom is 0.253 e. The molecular weight excluding hydrogens is 304 g/mol. The molecule has 0 aromatic heterocycles. The lowest BCUT2D eigenvalue weighted by Gasteiger charge is -2.30. The van der Waals surface area contributed by atoms with E-state index in [9.17, 15) is 4.79 Å². The van der Waals surface area contributed by atoms with Crippen molar-refractivity contribution < 1.29 is 4.79 Å². The monoisotopic (exact) mass is 316 g/mol. The van der Waals surface area contributed by atoms with Gasteiger partial charge in [-0.05, 0) is 47.0 Å². The van der Waals surface area contributed by atoms with Crippen molar-refractivity contribution in [1.29, 1.82) is 0 Å². The van der Waals surface area contributed by atoms with Crippen LogP contribution >= 0.6 is 27.5 Å². The van der Waals surface area contributed by atoms with Crippen molar-refractivity contribution in [3.63, 3.8) is 0 Å². The van der Waals surface area contributed by atoms with Crippen LogP contribution in [0.1, 0.15) is 23.2 Å². The molecule has 2 rings (SSSR count). The van der Waals surface area contributed by atoms with Crippen molar-refractivity contribution in [3.8, 4) is 0 Å². The van der Waals surface area contributed by atoms with Crippen LogP contribution in [0.25, 0.3) is 0 Å². The van der Waals surface area contributed by atoms with Crippen molar-refractivity contribution in [1.82, 2.24) is 4.90 Å². The average Bonchev–Trinajstić information content (AvgIpc) is 2.32. The van der Waals surface area contributed by atoms with Gasteiger partial charge >= 0.3 is 0 Å². The smallest absolute Gasteiger partial charge is 0.253 e. The number of rotatable bonds is 1. The summed E-state index contributed by atoms with van der Waals surface area (Å²) in [4.78, 5) is 14.0. The molecule has 1 atom stereocenters. The Kier molecular flexibility index (Phi) is 4.07. The molecule has 1 aromatic rings. The minimum Gasteiger partial charge on any atom is -0.337 e. The number of nitrogens with two attached hydrogens (primary N) is 1. The van der Waals surface area contributed by atoms with Crippen molar-refractivity contribution >= 4 is 33.4 Å². The first kappa shape index (κ1) is 12.9. The maximum absolute atomic E-state index is 12.2. The van der Waals surface area contributed by atoms with Crippen LogP contribution in [0.15, 0.2) is 22.7 Å². The van der Waals surface area contributed by atoms with Gasteiger partial charge in [0.2, 0.25) is 0 Å². The van der Waals surface area contributed by atoms with Crippen LogP contribution in [0.2, 0.25) is 5.02 Å². The molecule has 1 fully saturated rings. The van der Waals surface area contributed by atoms with E-state index in [1.807, 2.05) is 4.90 Å². The van der Waals surface area contributed by atoms with Gasteiger partial charge in [-0.25, -0.2) is 0 Å². The van der Waals surface area contributed by atoms with Gasteiger partial charge in [-0.15, -0.1) is 0 Å². The highest BCUT2D eigenvalue weighted by Crippen LogP contribution is 2.24. The summed E-state index contributed by atoms with van der Waals surface area (Å²) < 4.78 is 0.742. The Bertz CT molecular complexity index is 439. The molecule has 92 valence electrons. The molecule has 1 aromatic carbocycles. The lowest BCUT2D eigenvalue weighted by Crippen LogP contribution is -2.45. The van der Waals surface area contributed by atoms with E-state index < -0.39 is 0 Å². The van der Waals surface area contributed by atoms with Crippen LogP contribution < -0.4 is 5.73 Å². The summed E-state index contributed by atoms with van der Waals surface area (Å²) in [5.74, 6) is 0.0255. The molecular formula is C12H14BrClN2O. The summed E-state index contributed by atoms with van der Waals surface area (Å²) in [5.41, 5.74) is 6.52. The third-order valence-corrected chi connectivity index (χ3v) is 4.13. The fraction of sp³-hybridized carbons (Fsp3) is 0.417. The van der Waals surface area contributed by atoms with E-state index in [0.717, 1.165) is 23.9 Å². The molecule has 0 saturated carbocycles. The van der Waals surface area contributed by atoms with Gasteiger partial charge in [-0.2, -0.15) is 0 Å². The lowest BCUT2D eigenvalue weighted by molar-refractivity contribution is 0.0709. The fourth-order valence-corrected chi connectivity index (χ4v) is 2.50. The van der Waals surface area contributed by atoms with E-state index in [0.29, 0.717) is 17.1 Å². The molecule has 1 aliphatic rings. The summed E-state index contributed by atoms with van der Waals surface area (Å²) in [6.07, 6.45) is 1.97. The highest BCUT2D eigenvalue weighted by molar-refractivity contribution is 9.10. The Labute approximate surface area is 114 Å². The third kappa shape index (κ3) is 3.00. The van der Waals surface area contributed by atoms with E-state index in [2.05, 4.69) is 15.9 Å². The van der Waals surface area contributed by atoms with Gasteiger partial charge < -0.3 is 10.6 Å². The molecule has 1 unspecified atom stereocenters. The second kappa shape index (κ2) is 5.38. The molecule has 0 spiro atoms. The van der Waals surface area contributed by atoms with Gasteiger partial charge in [-0.1, -0.05) is 11.6 Å².